The number of hydrogen-bond donors (Lipinski definition) is 2. The van der Waals surface area contributed by atoms with E-state index in [1.165, 1.54) is 0 Å². The molecule has 0 bridgehead atoms. The predicted molar refractivity (Wildman–Crippen MR) is 87.2 cm³/mol. The molecule has 0 aliphatic carbocycles. The number of aromatic nitrogens is 2. The Hall–Kier alpha value is -1.63. The predicted octanol–water partition coefficient (Wildman–Crippen LogP) is 2.08. The average molecular weight is 345 g/mol. The van der Waals surface area contributed by atoms with Crippen LogP contribution in [0.2, 0.25) is 5.02 Å². The lowest BCUT2D eigenvalue weighted by Crippen LogP contribution is -2.28. The molecular weight excluding hydrogens is 327 g/mol. The van der Waals surface area contributed by atoms with Gasteiger partial charge in [0.1, 0.15) is 0 Å². The maximum Gasteiger partial charge on any atom is 0.228 e. The van der Waals surface area contributed by atoms with E-state index < -0.39 is 0 Å². The minimum Gasteiger partial charge on any atom is -0.356 e. The molecule has 1 aromatic carbocycles. The summed E-state index contributed by atoms with van der Waals surface area (Å²) in [6.07, 6.45) is 0.951. The van der Waals surface area contributed by atoms with Gasteiger partial charge in [0.15, 0.2) is 0 Å². The number of nitrogens with zero attached hydrogens (tertiary/aromatic N) is 2. The highest BCUT2D eigenvalue weighted by Crippen LogP contribution is 2.19. The minimum atomic E-state index is -0.000991. The molecule has 0 saturated heterocycles. The molecule has 0 fully saturated rings. The van der Waals surface area contributed by atoms with Crippen molar-refractivity contribution in [3.8, 4) is 11.4 Å². The van der Waals surface area contributed by atoms with E-state index in [2.05, 4.69) is 20.8 Å². The second-order valence-electron chi connectivity index (χ2n) is 4.48. The van der Waals surface area contributed by atoms with Crippen LogP contribution in [0.15, 0.2) is 28.8 Å². The normalized spacial score (nSPS) is 10.1. The molecule has 0 aliphatic rings. The fourth-order valence-electron chi connectivity index (χ4n) is 1.74. The van der Waals surface area contributed by atoms with Gasteiger partial charge in [-0.3, -0.25) is 4.79 Å². The van der Waals surface area contributed by atoms with Gasteiger partial charge in [-0.2, -0.15) is 4.98 Å². The summed E-state index contributed by atoms with van der Waals surface area (Å²) in [4.78, 5) is 15.7. The summed E-state index contributed by atoms with van der Waals surface area (Å²) in [5, 5.41) is 10.2. The zero-order chi connectivity index (χ0) is 15.1. The molecule has 0 radical (unpaired) electrons. The Kier molecular flexibility index (Phi) is 7.87. The van der Waals surface area contributed by atoms with Crippen LogP contribution in [0.4, 0.5) is 0 Å². The Morgan fingerprint density at radius 3 is 2.91 bits per heavy atom. The highest BCUT2D eigenvalue weighted by molar-refractivity contribution is 6.30. The van der Waals surface area contributed by atoms with Crippen molar-refractivity contribution in [1.82, 2.24) is 20.8 Å². The Labute approximate surface area is 140 Å². The van der Waals surface area contributed by atoms with Gasteiger partial charge in [0.05, 0.1) is 0 Å². The van der Waals surface area contributed by atoms with E-state index in [4.69, 9.17) is 16.1 Å². The van der Waals surface area contributed by atoms with E-state index in [0.717, 1.165) is 5.56 Å². The van der Waals surface area contributed by atoms with E-state index in [-0.39, 0.29) is 18.3 Å². The minimum absolute atomic E-state index is 0. The number of halogens is 2. The van der Waals surface area contributed by atoms with Crippen molar-refractivity contribution in [3.05, 3.63) is 35.2 Å². The van der Waals surface area contributed by atoms with Crippen LogP contribution in [-0.2, 0) is 11.2 Å². The van der Waals surface area contributed by atoms with E-state index >= 15 is 0 Å². The van der Waals surface area contributed by atoms with Gasteiger partial charge in [-0.15, -0.1) is 12.4 Å². The third-order valence-electron chi connectivity index (χ3n) is 2.81. The molecule has 2 rings (SSSR count). The molecule has 2 N–H and O–H groups in total. The summed E-state index contributed by atoms with van der Waals surface area (Å²) in [5.41, 5.74) is 0.801. The van der Waals surface area contributed by atoms with Crippen molar-refractivity contribution in [3.63, 3.8) is 0 Å². The number of amides is 1. The van der Waals surface area contributed by atoms with Gasteiger partial charge in [-0.25, -0.2) is 0 Å². The van der Waals surface area contributed by atoms with Crippen LogP contribution in [0.5, 0.6) is 0 Å². The molecule has 0 spiro atoms. The van der Waals surface area contributed by atoms with Crippen LogP contribution in [0.25, 0.3) is 11.4 Å². The third-order valence-corrected chi connectivity index (χ3v) is 3.05. The Morgan fingerprint density at radius 1 is 1.36 bits per heavy atom. The zero-order valence-electron chi connectivity index (χ0n) is 12.1. The molecule has 1 aromatic heterocycles. The summed E-state index contributed by atoms with van der Waals surface area (Å²) in [5.74, 6) is 0.979. The standard InChI is InChI=1S/C14H17ClN4O2.ClH/c1-16-7-5-12(20)17-8-6-13-18-14(19-21-13)10-3-2-4-11(15)9-10;/h2-4,9,16H,5-8H2,1H3,(H,17,20);1H. The zero-order valence-corrected chi connectivity index (χ0v) is 13.7. The summed E-state index contributed by atoms with van der Waals surface area (Å²) in [6.45, 7) is 1.13. The maximum atomic E-state index is 11.4. The third kappa shape index (κ3) is 5.63. The van der Waals surface area contributed by atoms with Crippen LogP contribution < -0.4 is 10.6 Å². The summed E-state index contributed by atoms with van der Waals surface area (Å²) in [6, 6.07) is 7.25. The first-order valence-corrected chi connectivity index (χ1v) is 7.06. The molecule has 1 amide bonds. The van der Waals surface area contributed by atoms with Crippen LogP contribution in [0.1, 0.15) is 12.3 Å². The van der Waals surface area contributed by atoms with Gasteiger partial charge in [-0.1, -0.05) is 28.9 Å². The molecule has 0 atom stereocenters. The molecule has 0 unspecified atom stereocenters. The molecule has 1 heterocycles. The maximum absolute atomic E-state index is 11.4. The monoisotopic (exact) mass is 344 g/mol. The highest BCUT2D eigenvalue weighted by Gasteiger charge is 2.09. The first-order chi connectivity index (χ1) is 10.2. The summed E-state index contributed by atoms with van der Waals surface area (Å²) >= 11 is 5.92. The highest BCUT2D eigenvalue weighted by atomic mass is 35.5. The lowest BCUT2D eigenvalue weighted by molar-refractivity contribution is -0.120. The van der Waals surface area contributed by atoms with Crippen LogP contribution in [0, 0.1) is 0 Å². The molecule has 0 saturated carbocycles. The average Bonchev–Trinajstić information content (AvgIpc) is 2.94. The number of rotatable bonds is 7. The molecule has 2 aromatic rings. The van der Waals surface area contributed by atoms with Gasteiger partial charge in [0.25, 0.3) is 0 Å². The number of nitrogens with one attached hydrogen (secondary N) is 2. The topological polar surface area (TPSA) is 80.0 Å². The van der Waals surface area contributed by atoms with Gasteiger partial charge in [0.2, 0.25) is 17.6 Å². The molecule has 22 heavy (non-hydrogen) atoms. The van der Waals surface area contributed by atoms with Gasteiger partial charge >= 0.3 is 0 Å². The summed E-state index contributed by atoms with van der Waals surface area (Å²) < 4.78 is 5.15. The van der Waals surface area contributed by atoms with Crippen molar-refractivity contribution < 1.29 is 9.32 Å². The van der Waals surface area contributed by atoms with Crippen molar-refractivity contribution in [2.24, 2.45) is 0 Å². The SMILES string of the molecule is CNCCC(=O)NCCc1nc(-c2cccc(Cl)c2)no1.Cl. The smallest absolute Gasteiger partial charge is 0.228 e. The van der Waals surface area contributed by atoms with E-state index in [1.807, 2.05) is 19.2 Å². The molecule has 8 heteroatoms. The van der Waals surface area contributed by atoms with Crippen molar-refractivity contribution in [2.45, 2.75) is 12.8 Å². The molecule has 6 nitrogen and oxygen atoms in total. The van der Waals surface area contributed by atoms with Gasteiger partial charge in [0, 0.05) is 36.5 Å². The number of hydrogen-bond acceptors (Lipinski definition) is 5. The lowest BCUT2D eigenvalue weighted by atomic mass is 10.2. The van der Waals surface area contributed by atoms with Gasteiger partial charge in [-0.05, 0) is 19.2 Å². The first kappa shape index (κ1) is 18.4. The second-order valence-corrected chi connectivity index (χ2v) is 4.91. The fraction of sp³-hybridized carbons (Fsp3) is 0.357. The Balaban J connectivity index is 0.00000242. The molecular formula is C14H18Cl2N4O2. The van der Waals surface area contributed by atoms with Gasteiger partial charge < -0.3 is 15.2 Å². The van der Waals surface area contributed by atoms with Crippen molar-refractivity contribution in [2.75, 3.05) is 20.1 Å². The number of carbonyl (C=O) groups excluding carboxylic acids is 1. The first-order valence-electron chi connectivity index (χ1n) is 6.69. The summed E-state index contributed by atoms with van der Waals surface area (Å²) in [7, 11) is 1.81. The van der Waals surface area contributed by atoms with Crippen molar-refractivity contribution >= 4 is 29.9 Å². The van der Waals surface area contributed by atoms with Crippen LogP contribution in [-0.4, -0.2) is 36.2 Å². The van der Waals surface area contributed by atoms with E-state index in [9.17, 15) is 4.79 Å². The van der Waals surface area contributed by atoms with E-state index in [0.29, 0.717) is 42.7 Å². The van der Waals surface area contributed by atoms with Crippen LogP contribution in [0.3, 0.4) is 0 Å². The largest absolute Gasteiger partial charge is 0.356 e. The number of benzene rings is 1. The number of carbonyl (C=O) groups is 1. The van der Waals surface area contributed by atoms with E-state index in [1.54, 1.807) is 12.1 Å². The lowest BCUT2D eigenvalue weighted by Gasteiger charge is -2.02. The van der Waals surface area contributed by atoms with Crippen molar-refractivity contribution in [1.29, 1.82) is 0 Å². The Morgan fingerprint density at radius 2 is 2.18 bits per heavy atom. The molecule has 120 valence electrons. The fourth-order valence-corrected chi connectivity index (χ4v) is 1.93. The van der Waals surface area contributed by atoms with Crippen LogP contribution >= 0.6 is 24.0 Å². The quantitative estimate of drug-likeness (QED) is 0.803. The Bertz CT molecular complexity index is 604. The molecule has 0 aliphatic heterocycles. The second kappa shape index (κ2) is 9.40.